The first kappa shape index (κ1) is 15.7. The Hall–Kier alpha value is -2.18. The Morgan fingerprint density at radius 1 is 1.39 bits per heavy atom. The molecule has 0 aromatic carbocycles. The highest BCUT2D eigenvalue weighted by Crippen LogP contribution is 2.29. The molecule has 0 unspecified atom stereocenters. The van der Waals surface area contributed by atoms with Gasteiger partial charge < -0.3 is 5.32 Å². The molecule has 1 N–H and O–H groups in total. The largest absolute Gasteiger partial charge is 0.352 e. The van der Waals surface area contributed by atoms with Gasteiger partial charge >= 0.3 is 0 Å². The minimum atomic E-state index is -0.233. The first-order valence-corrected chi connectivity index (χ1v) is 8.14. The lowest BCUT2D eigenvalue weighted by Gasteiger charge is -2.34. The number of rotatable bonds is 3. The summed E-state index contributed by atoms with van der Waals surface area (Å²) in [5, 5.41) is 7.54. The summed E-state index contributed by atoms with van der Waals surface area (Å²) in [5.74, 6) is 0.941. The van der Waals surface area contributed by atoms with E-state index in [4.69, 9.17) is 0 Å². The second kappa shape index (κ2) is 6.14. The average Bonchev–Trinajstić information content (AvgIpc) is 2.89. The average molecular weight is 317 g/mol. The molecule has 1 amide bonds. The molecule has 2 aromatic rings. The van der Waals surface area contributed by atoms with Gasteiger partial charge in [-0.15, -0.1) is 0 Å². The Morgan fingerprint density at radius 3 is 2.96 bits per heavy atom. The Kier molecular flexibility index (Phi) is 4.19. The predicted molar refractivity (Wildman–Crippen MR) is 86.9 cm³/mol. The number of amides is 1. The fraction of sp³-hybridized carbons (Fsp3) is 0.625. The van der Waals surface area contributed by atoms with Crippen LogP contribution in [0.4, 0.5) is 0 Å². The molecule has 2 aromatic heterocycles. The molecule has 2 heterocycles. The van der Waals surface area contributed by atoms with Gasteiger partial charge in [-0.1, -0.05) is 26.7 Å². The van der Waals surface area contributed by atoms with Crippen LogP contribution in [-0.2, 0) is 18.4 Å². The number of aromatic nitrogens is 4. The number of hydrogen-bond donors (Lipinski definition) is 1. The smallest absolute Gasteiger partial charge is 0.264 e. The Balaban J connectivity index is 1.73. The van der Waals surface area contributed by atoms with Gasteiger partial charge in [0.1, 0.15) is 18.3 Å². The number of fused-ring (bicyclic) bond motifs is 1. The Morgan fingerprint density at radius 2 is 2.17 bits per heavy atom. The topological polar surface area (TPSA) is 81.8 Å². The SMILES string of the molecule is C[C@@H]1[C@H](C)CCC[C@@H]1NC(=O)Cn1cnc2c(cnn2C)c1=O. The molecule has 3 atom stereocenters. The molecule has 3 rings (SSSR count). The van der Waals surface area contributed by atoms with Gasteiger partial charge in [0.2, 0.25) is 5.91 Å². The van der Waals surface area contributed by atoms with Crippen molar-refractivity contribution in [2.24, 2.45) is 18.9 Å². The van der Waals surface area contributed by atoms with E-state index in [0.29, 0.717) is 22.9 Å². The maximum absolute atomic E-state index is 12.4. The molecule has 1 fully saturated rings. The molecule has 0 saturated heterocycles. The van der Waals surface area contributed by atoms with Crippen LogP contribution in [0.1, 0.15) is 33.1 Å². The molecule has 0 bridgehead atoms. The summed E-state index contributed by atoms with van der Waals surface area (Å²) >= 11 is 0. The molecule has 0 spiro atoms. The van der Waals surface area contributed by atoms with Crippen LogP contribution in [0.25, 0.3) is 11.0 Å². The summed E-state index contributed by atoms with van der Waals surface area (Å²) in [4.78, 5) is 28.9. The lowest BCUT2D eigenvalue weighted by atomic mass is 9.78. The van der Waals surface area contributed by atoms with E-state index in [-0.39, 0.29) is 24.1 Å². The summed E-state index contributed by atoms with van der Waals surface area (Å²) in [7, 11) is 1.73. The standard InChI is InChI=1S/C16H23N5O2/c1-10-5-4-6-13(11(10)2)19-14(22)8-21-9-17-15-12(16(21)23)7-18-20(15)3/h7,9-11,13H,4-6,8H2,1-3H3,(H,19,22)/t10-,11-,13+/m1/s1. The summed E-state index contributed by atoms with van der Waals surface area (Å²) in [6.45, 7) is 4.41. The quantitative estimate of drug-likeness (QED) is 0.918. The van der Waals surface area contributed by atoms with E-state index in [9.17, 15) is 9.59 Å². The van der Waals surface area contributed by atoms with Gasteiger partial charge in [0.05, 0.1) is 6.20 Å². The van der Waals surface area contributed by atoms with Crippen LogP contribution in [0.2, 0.25) is 0 Å². The van der Waals surface area contributed by atoms with Gasteiger partial charge in [-0.3, -0.25) is 18.8 Å². The van der Waals surface area contributed by atoms with Crippen LogP contribution in [0.15, 0.2) is 17.3 Å². The van der Waals surface area contributed by atoms with Gasteiger partial charge in [0.25, 0.3) is 5.56 Å². The van der Waals surface area contributed by atoms with Crippen molar-refractivity contribution in [1.82, 2.24) is 24.6 Å². The second-order valence-electron chi connectivity index (χ2n) is 6.62. The maximum Gasteiger partial charge on any atom is 0.264 e. The van der Waals surface area contributed by atoms with Crippen molar-refractivity contribution in [3.05, 3.63) is 22.9 Å². The zero-order chi connectivity index (χ0) is 16.6. The zero-order valence-corrected chi connectivity index (χ0v) is 13.8. The number of hydrogen-bond acceptors (Lipinski definition) is 4. The third-order valence-corrected chi connectivity index (χ3v) is 5.09. The van der Waals surface area contributed by atoms with Gasteiger partial charge in [-0.05, 0) is 18.3 Å². The van der Waals surface area contributed by atoms with Gasteiger partial charge in [0.15, 0.2) is 5.65 Å². The predicted octanol–water partition coefficient (Wildman–Crippen LogP) is 1.07. The van der Waals surface area contributed by atoms with Crippen molar-refractivity contribution in [1.29, 1.82) is 0 Å². The number of carbonyl (C=O) groups excluding carboxylic acids is 1. The summed E-state index contributed by atoms with van der Waals surface area (Å²) < 4.78 is 2.89. The van der Waals surface area contributed by atoms with E-state index >= 15 is 0 Å². The third kappa shape index (κ3) is 3.00. The van der Waals surface area contributed by atoms with Gasteiger partial charge in [-0.25, -0.2) is 4.98 Å². The number of carbonyl (C=O) groups is 1. The summed E-state index contributed by atoms with van der Waals surface area (Å²) in [6, 6.07) is 0.192. The maximum atomic E-state index is 12.4. The first-order valence-electron chi connectivity index (χ1n) is 8.14. The van der Waals surface area contributed by atoms with Crippen LogP contribution in [0.5, 0.6) is 0 Å². The number of nitrogens with one attached hydrogen (secondary N) is 1. The highest BCUT2D eigenvalue weighted by molar-refractivity contribution is 5.77. The van der Waals surface area contributed by atoms with Crippen molar-refractivity contribution in [3.63, 3.8) is 0 Å². The minimum absolute atomic E-state index is 0.00569. The molecule has 124 valence electrons. The highest BCUT2D eigenvalue weighted by atomic mass is 16.2. The van der Waals surface area contributed by atoms with Crippen molar-refractivity contribution in [2.45, 2.75) is 45.7 Å². The summed E-state index contributed by atoms with van der Waals surface area (Å²) in [5.41, 5.74) is 0.296. The van der Waals surface area contributed by atoms with Crippen molar-refractivity contribution < 1.29 is 4.79 Å². The normalized spacial score (nSPS) is 24.7. The molecule has 23 heavy (non-hydrogen) atoms. The number of nitrogens with zero attached hydrogens (tertiary/aromatic N) is 4. The van der Waals surface area contributed by atoms with Crippen LogP contribution in [0, 0.1) is 11.8 Å². The van der Waals surface area contributed by atoms with Crippen LogP contribution >= 0.6 is 0 Å². The van der Waals surface area contributed by atoms with Gasteiger partial charge in [0, 0.05) is 13.1 Å². The monoisotopic (exact) mass is 317 g/mol. The Labute approximate surface area is 134 Å². The van der Waals surface area contributed by atoms with E-state index in [1.807, 2.05) is 0 Å². The van der Waals surface area contributed by atoms with E-state index in [1.54, 1.807) is 11.7 Å². The lowest BCUT2D eigenvalue weighted by Crippen LogP contribution is -2.45. The third-order valence-electron chi connectivity index (χ3n) is 5.09. The van der Waals surface area contributed by atoms with Crippen LogP contribution in [-0.4, -0.2) is 31.3 Å². The fourth-order valence-corrected chi connectivity index (χ4v) is 3.37. The molecular weight excluding hydrogens is 294 g/mol. The van der Waals surface area contributed by atoms with Crippen LogP contribution in [0.3, 0.4) is 0 Å². The minimum Gasteiger partial charge on any atom is -0.352 e. The van der Waals surface area contributed by atoms with Gasteiger partial charge in [-0.2, -0.15) is 5.10 Å². The van der Waals surface area contributed by atoms with Crippen molar-refractivity contribution >= 4 is 16.9 Å². The van der Waals surface area contributed by atoms with Crippen molar-refractivity contribution in [2.75, 3.05) is 0 Å². The van der Waals surface area contributed by atoms with E-state index in [0.717, 1.165) is 12.8 Å². The summed E-state index contributed by atoms with van der Waals surface area (Å²) in [6.07, 6.45) is 6.27. The molecule has 0 radical (unpaired) electrons. The molecule has 1 aliphatic rings. The lowest BCUT2D eigenvalue weighted by molar-refractivity contribution is -0.123. The molecule has 7 nitrogen and oxygen atoms in total. The van der Waals surface area contributed by atoms with E-state index < -0.39 is 0 Å². The molecule has 7 heteroatoms. The molecule has 0 aliphatic heterocycles. The zero-order valence-electron chi connectivity index (χ0n) is 13.8. The molecule has 1 aliphatic carbocycles. The van der Waals surface area contributed by atoms with Crippen LogP contribution < -0.4 is 10.9 Å². The Bertz CT molecular complexity index is 778. The first-order chi connectivity index (χ1) is 11.0. The molecule has 1 saturated carbocycles. The van der Waals surface area contributed by atoms with E-state index in [1.165, 1.54) is 23.5 Å². The highest BCUT2D eigenvalue weighted by Gasteiger charge is 2.28. The molecular formula is C16H23N5O2. The number of aryl methyl sites for hydroxylation is 1. The second-order valence-corrected chi connectivity index (χ2v) is 6.62. The van der Waals surface area contributed by atoms with E-state index in [2.05, 4.69) is 29.2 Å². The fourth-order valence-electron chi connectivity index (χ4n) is 3.37. The van der Waals surface area contributed by atoms with Crippen molar-refractivity contribution in [3.8, 4) is 0 Å².